The van der Waals surface area contributed by atoms with Gasteiger partial charge in [0, 0.05) is 6.54 Å². The molecule has 0 aliphatic heterocycles. The van der Waals surface area contributed by atoms with Crippen LogP contribution in [0.25, 0.3) is 0 Å². The molecule has 0 atom stereocenters. The molecule has 0 spiro atoms. The fourth-order valence-corrected chi connectivity index (χ4v) is 1.49. The average molecular weight is 267 g/mol. The van der Waals surface area contributed by atoms with Crippen LogP contribution in [0.5, 0.6) is 0 Å². The van der Waals surface area contributed by atoms with Crippen LogP contribution >= 0.6 is 12.2 Å². The number of nitrogens with one attached hydrogen (secondary N) is 2. The fraction of sp³-hybridized carbons (Fsp3) is 0.385. The van der Waals surface area contributed by atoms with Gasteiger partial charge in [-0.25, -0.2) is 4.39 Å². The van der Waals surface area contributed by atoms with Crippen molar-refractivity contribution in [2.45, 2.75) is 26.2 Å². The van der Waals surface area contributed by atoms with Gasteiger partial charge in [-0.3, -0.25) is 5.43 Å². The van der Waals surface area contributed by atoms with Gasteiger partial charge in [0.15, 0.2) is 5.11 Å². The van der Waals surface area contributed by atoms with Gasteiger partial charge in [-0.15, -0.1) is 0 Å². The first-order valence-corrected chi connectivity index (χ1v) is 6.45. The van der Waals surface area contributed by atoms with Crippen molar-refractivity contribution >= 4 is 23.5 Å². The molecule has 1 rings (SSSR count). The Morgan fingerprint density at radius 2 is 2.06 bits per heavy atom. The Balaban J connectivity index is 2.23. The van der Waals surface area contributed by atoms with E-state index in [9.17, 15) is 4.39 Å². The summed E-state index contributed by atoms with van der Waals surface area (Å²) in [7, 11) is 0. The van der Waals surface area contributed by atoms with Crippen LogP contribution < -0.4 is 10.7 Å². The zero-order valence-corrected chi connectivity index (χ0v) is 11.3. The highest BCUT2D eigenvalue weighted by Gasteiger charge is 1.92. The third kappa shape index (κ3) is 6.30. The molecule has 0 bridgehead atoms. The summed E-state index contributed by atoms with van der Waals surface area (Å²) in [5, 5.41) is 7.53. The van der Waals surface area contributed by atoms with Crippen LogP contribution in [0, 0.1) is 5.82 Å². The van der Waals surface area contributed by atoms with E-state index < -0.39 is 0 Å². The molecule has 1 aromatic rings. The number of hydrazone groups is 1. The minimum Gasteiger partial charge on any atom is -0.361 e. The van der Waals surface area contributed by atoms with Crippen molar-refractivity contribution in [3.05, 3.63) is 35.6 Å². The minimum atomic E-state index is -0.256. The molecule has 98 valence electrons. The van der Waals surface area contributed by atoms with E-state index in [1.165, 1.54) is 25.0 Å². The zero-order valence-electron chi connectivity index (χ0n) is 10.4. The lowest BCUT2D eigenvalue weighted by atomic mass is 10.2. The molecule has 0 radical (unpaired) electrons. The number of thiocarbonyl (C=S) groups is 1. The van der Waals surface area contributed by atoms with E-state index in [4.69, 9.17) is 12.2 Å². The van der Waals surface area contributed by atoms with Gasteiger partial charge in [0.05, 0.1) is 6.21 Å². The van der Waals surface area contributed by atoms with Crippen molar-refractivity contribution in [3.8, 4) is 0 Å². The second-order valence-corrected chi connectivity index (χ2v) is 4.29. The van der Waals surface area contributed by atoms with Gasteiger partial charge >= 0.3 is 0 Å². The van der Waals surface area contributed by atoms with Crippen LogP contribution in [0.15, 0.2) is 29.4 Å². The highest BCUT2D eigenvalue weighted by molar-refractivity contribution is 7.80. The Labute approximate surface area is 112 Å². The monoisotopic (exact) mass is 267 g/mol. The molecular weight excluding hydrogens is 249 g/mol. The first-order chi connectivity index (χ1) is 8.72. The van der Waals surface area contributed by atoms with Crippen molar-refractivity contribution in [3.63, 3.8) is 0 Å². The van der Waals surface area contributed by atoms with E-state index in [1.807, 2.05) is 0 Å². The molecule has 3 nitrogen and oxygen atoms in total. The van der Waals surface area contributed by atoms with Gasteiger partial charge in [-0.2, -0.15) is 5.10 Å². The van der Waals surface area contributed by atoms with Gasteiger partial charge in [0.1, 0.15) is 5.82 Å². The van der Waals surface area contributed by atoms with Crippen molar-refractivity contribution in [1.29, 1.82) is 0 Å². The SMILES string of the molecule is CCCCCNC(=S)N/N=C\c1ccc(F)cc1. The molecule has 0 amide bonds. The van der Waals surface area contributed by atoms with Crippen molar-refractivity contribution in [2.75, 3.05) is 6.54 Å². The second kappa shape index (κ2) is 8.58. The Bertz CT molecular complexity index is 390. The number of halogens is 1. The normalized spacial score (nSPS) is 10.6. The van der Waals surface area contributed by atoms with E-state index in [0.717, 1.165) is 18.5 Å². The maximum atomic E-state index is 12.6. The number of nitrogens with zero attached hydrogens (tertiary/aromatic N) is 1. The Kier molecular flexibility index (Phi) is 6.94. The molecule has 0 heterocycles. The van der Waals surface area contributed by atoms with Gasteiger partial charge in [0.25, 0.3) is 0 Å². The van der Waals surface area contributed by atoms with Gasteiger partial charge in [0.2, 0.25) is 0 Å². The summed E-state index contributed by atoms with van der Waals surface area (Å²) in [4.78, 5) is 0. The molecule has 0 saturated carbocycles. The largest absolute Gasteiger partial charge is 0.361 e. The molecule has 18 heavy (non-hydrogen) atoms. The summed E-state index contributed by atoms with van der Waals surface area (Å²) in [5.74, 6) is -0.256. The number of rotatable bonds is 6. The standard InChI is InChI=1S/C13H18FN3S/c1-2-3-4-9-15-13(18)17-16-10-11-5-7-12(14)8-6-11/h5-8,10H,2-4,9H2,1H3,(H2,15,17,18)/b16-10-. The maximum absolute atomic E-state index is 12.6. The Morgan fingerprint density at radius 1 is 1.33 bits per heavy atom. The third-order valence-electron chi connectivity index (χ3n) is 2.32. The first-order valence-electron chi connectivity index (χ1n) is 6.05. The van der Waals surface area contributed by atoms with Crippen molar-refractivity contribution in [2.24, 2.45) is 5.10 Å². The summed E-state index contributed by atoms with van der Waals surface area (Å²) in [5.41, 5.74) is 3.54. The van der Waals surface area contributed by atoms with Gasteiger partial charge < -0.3 is 5.32 Å². The molecule has 5 heteroatoms. The average Bonchev–Trinajstić information content (AvgIpc) is 2.37. The van der Waals surface area contributed by atoms with Gasteiger partial charge in [-0.1, -0.05) is 31.9 Å². The number of hydrogen-bond acceptors (Lipinski definition) is 2. The summed E-state index contributed by atoms with van der Waals surface area (Å²) >= 11 is 5.04. The molecule has 0 aliphatic rings. The van der Waals surface area contributed by atoms with Crippen molar-refractivity contribution in [1.82, 2.24) is 10.7 Å². The van der Waals surface area contributed by atoms with Crippen LogP contribution in [0.1, 0.15) is 31.7 Å². The summed E-state index contributed by atoms with van der Waals surface area (Å²) in [6, 6.07) is 6.09. The molecule has 0 aromatic heterocycles. The Hall–Kier alpha value is -1.49. The molecule has 2 N–H and O–H groups in total. The minimum absolute atomic E-state index is 0.256. The molecule has 1 aromatic carbocycles. The van der Waals surface area contributed by atoms with Crippen LogP contribution in [0.3, 0.4) is 0 Å². The van der Waals surface area contributed by atoms with Crippen molar-refractivity contribution < 1.29 is 4.39 Å². The van der Waals surface area contributed by atoms with E-state index in [2.05, 4.69) is 22.8 Å². The van der Waals surface area contributed by atoms with Crippen LogP contribution in [0.2, 0.25) is 0 Å². The topological polar surface area (TPSA) is 36.4 Å². The van der Waals surface area contributed by atoms with E-state index in [0.29, 0.717) is 5.11 Å². The molecule has 0 aliphatic carbocycles. The third-order valence-corrected chi connectivity index (χ3v) is 2.55. The molecule has 0 unspecified atom stereocenters. The number of benzene rings is 1. The van der Waals surface area contributed by atoms with E-state index in [1.54, 1.807) is 18.3 Å². The second-order valence-electron chi connectivity index (χ2n) is 3.88. The summed E-state index contributed by atoms with van der Waals surface area (Å²) < 4.78 is 12.6. The predicted octanol–water partition coefficient (Wildman–Crippen LogP) is 2.81. The highest BCUT2D eigenvalue weighted by atomic mass is 32.1. The lowest BCUT2D eigenvalue weighted by Crippen LogP contribution is -2.32. The molecule has 0 fully saturated rings. The highest BCUT2D eigenvalue weighted by Crippen LogP contribution is 1.99. The van der Waals surface area contributed by atoms with Crippen LogP contribution in [0.4, 0.5) is 4.39 Å². The quantitative estimate of drug-likeness (QED) is 0.360. The van der Waals surface area contributed by atoms with E-state index in [-0.39, 0.29) is 5.82 Å². The molecular formula is C13H18FN3S. The van der Waals surface area contributed by atoms with Gasteiger partial charge in [-0.05, 0) is 36.3 Å². The predicted molar refractivity (Wildman–Crippen MR) is 77.3 cm³/mol. The van der Waals surface area contributed by atoms with E-state index >= 15 is 0 Å². The fourth-order valence-electron chi connectivity index (χ4n) is 1.33. The molecule has 0 saturated heterocycles. The van der Waals surface area contributed by atoms with Crippen LogP contribution in [-0.4, -0.2) is 17.9 Å². The summed E-state index contributed by atoms with van der Waals surface area (Å²) in [6.45, 7) is 3.01. The lowest BCUT2D eigenvalue weighted by Gasteiger charge is -2.05. The maximum Gasteiger partial charge on any atom is 0.186 e. The zero-order chi connectivity index (χ0) is 13.2. The lowest BCUT2D eigenvalue weighted by molar-refractivity contribution is 0.628. The smallest absolute Gasteiger partial charge is 0.186 e. The van der Waals surface area contributed by atoms with Crippen LogP contribution in [-0.2, 0) is 0 Å². The summed E-state index contributed by atoms with van der Waals surface area (Å²) in [6.07, 6.45) is 5.07. The first kappa shape index (κ1) is 14.6. The Morgan fingerprint density at radius 3 is 2.72 bits per heavy atom. The number of hydrogen-bond donors (Lipinski definition) is 2. The number of unbranched alkanes of at least 4 members (excludes halogenated alkanes) is 2.